The molecule has 6 heteroatoms. The van der Waals surface area contributed by atoms with Crippen molar-refractivity contribution >= 4 is 11.9 Å². The van der Waals surface area contributed by atoms with Crippen molar-refractivity contribution in [3.8, 4) is 11.3 Å². The normalized spacial score (nSPS) is 15.6. The predicted octanol–water partition coefficient (Wildman–Crippen LogP) is 3.07. The zero-order valence-corrected chi connectivity index (χ0v) is 13.0. The van der Waals surface area contributed by atoms with Crippen LogP contribution in [0.15, 0.2) is 36.7 Å². The SMILES string of the molecule is CC(=O)c1c(-c2ccccc2)ncn1C1CCN(C(=O)O)CC1. The molecule has 1 aliphatic heterocycles. The number of carboxylic acid groups (broad SMARTS) is 1. The number of piperidine rings is 1. The average Bonchev–Trinajstić information content (AvgIpc) is 3.01. The summed E-state index contributed by atoms with van der Waals surface area (Å²) in [4.78, 5) is 29.1. The molecule has 1 aliphatic rings. The van der Waals surface area contributed by atoms with Gasteiger partial charge in [-0.05, 0) is 12.8 Å². The second kappa shape index (κ2) is 6.24. The lowest BCUT2D eigenvalue weighted by atomic mass is 10.0. The maximum Gasteiger partial charge on any atom is 0.407 e. The van der Waals surface area contributed by atoms with Gasteiger partial charge >= 0.3 is 6.09 Å². The fraction of sp³-hybridized carbons (Fsp3) is 0.353. The number of benzene rings is 1. The van der Waals surface area contributed by atoms with Crippen LogP contribution in [0.3, 0.4) is 0 Å². The zero-order valence-electron chi connectivity index (χ0n) is 13.0. The Morgan fingerprint density at radius 2 is 1.83 bits per heavy atom. The first-order valence-corrected chi connectivity index (χ1v) is 7.69. The first-order valence-electron chi connectivity index (χ1n) is 7.69. The van der Waals surface area contributed by atoms with Gasteiger partial charge in [0, 0.05) is 31.6 Å². The van der Waals surface area contributed by atoms with Gasteiger partial charge in [-0.1, -0.05) is 30.3 Å². The fourth-order valence-electron chi connectivity index (χ4n) is 3.13. The number of aromatic nitrogens is 2. The molecular weight excluding hydrogens is 294 g/mol. The van der Waals surface area contributed by atoms with Gasteiger partial charge in [0.05, 0.1) is 12.0 Å². The van der Waals surface area contributed by atoms with Crippen LogP contribution in [-0.4, -0.2) is 44.5 Å². The van der Waals surface area contributed by atoms with E-state index in [9.17, 15) is 9.59 Å². The third-order valence-corrected chi connectivity index (χ3v) is 4.30. The Morgan fingerprint density at radius 1 is 1.17 bits per heavy atom. The summed E-state index contributed by atoms with van der Waals surface area (Å²) in [6.07, 6.45) is 2.21. The zero-order chi connectivity index (χ0) is 16.4. The number of imidazole rings is 1. The van der Waals surface area contributed by atoms with Crippen LogP contribution in [0.4, 0.5) is 4.79 Å². The maximum atomic E-state index is 12.2. The Labute approximate surface area is 134 Å². The highest BCUT2D eigenvalue weighted by Gasteiger charge is 2.27. The third-order valence-electron chi connectivity index (χ3n) is 4.30. The topological polar surface area (TPSA) is 75.4 Å². The van der Waals surface area contributed by atoms with E-state index < -0.39 is 6.09 Å². The molecule has 0 spiro atoms. The molecule has 1 amide bonds. The second-order valence-corrected chi connectivity index (χ2v) is 5.77. The van der Waals surface area contributed by atoms with Crippen molar-refractivity contribution in [1.82, 2.24) is 14.5 Å². The number of nitrogens with zero attached hydrogens (tertiary/aromatic N) is 3. The molecule has 0 bridgehead atoms. The summed E-state index contributed by atoms with van der Waals surface area (Å²) in [7, 11) is 0. The van der Waals surface area contributed by atoms with Gasteiger partial charge in [0.15, 0.2) is 5.78 Å². The Balaban J connectivity index is 1.91. The monoisotopic (exact) mass is 313 g/mol. The first-order chi connectivity index (χ1) is 11.1. The van der Waals surface area contributed by atoms with Crippen molar-refractivity contribution in [1.29, 1.82) is 0 Å². The number of amides is 1. The Bertz CT molecular complexity index is 716. The van der Waals surface area contributed by atoms with Gasteiger partial charge in [-0.3, -0.25) is 4.79 Å². The third kappa shape index (κ3) is 2.97. The van der Waals surface area contributed by atoms with Crippen LogP contribution < -0.4 is 0 Å². The van der Waals surface area contributed by atoms with E-state index in [1.807, 2.05) is 34.9 Å². The smallest absolute Gasteiger partial charge is 0.407 e. The molecule has 1 saturated heterocycles. The first kappa shape index (κ1) is 15.3. The van der Waals surface area contributed by atoms with Crippen molar-refractivity contribution in [3.63, 3.8) is 0 Å². The van der Waals surface area contributed by atoms with Crippen LogP contribution in [0.5, 0.6) is 0 Å². The van der Waals surface area contributed by atoms with Crippen LogP contribution >= 0.6 is 0 Å². The van der Waals surface area contributed by atoms with Crippen LogP contribution in [0, 0.1) is 0 Å². The van der Waals surface area contributed by atoms with Crippen molar-refractivity contribution in [2.24, 2.45) is 0 Å². The molecule has 0 unspecified atom stereocenters. The summed E-state index contributed by atoms with van der Waals surface area (Å²) in [5.41, 5.74) is 2.21. The standard InChI is InChI=1S/C17H19N3O3/c1-12(21)16-15(13-5-3-2-4-6-13)18-11-20(16)14-7-9-19(10-8-14)17(22)23/h2-6,11,14H,7-10H2,1H3,(H,22,23). The number of likely N-dealkylation sites (tertiary alicyclic amines) is 1. The van der Waals surface area contributed by atoms with Gasteiger partial charge in [-0.2, -0.15) is 0 Å². The van der Waals surface area contributed by atoms with Gasteiger partial charge in [0.2, 0.25) is 0 Å². The number of hydrogen-bond acceptors (Lipinski definition) is 3. The molecule has 0 radical (unpaired) electrons. The lowest BCUT2D eigenvalue weighted by Gasteiger charge is -2.31. The summed E-state index contributed by atoms with van der Waals surface area (Å²) in [5.74, 6) is -0.0259. The summed E-state index contributed by atoms with van der Waals surface area (Å²) in [6, 6.07) is 9.75. The average molecular weight is 313 g/mol. The van der Waals surface area contributed by atoms with E-state index in [4.69, 9.17) is 5.11 Å². The van der Waals surface area contributed by atoms with Crippen LogP contribution in [-0.2, 0) is 0 Å². The summed E-state index contributed by atoms with van der Waals surface area (Å²) in [6.45, 7) is 2.51. The number of carbonyl (C=O) groups is 2. The van der Waals surface area contributed by atoms with Gasteiger partial charge < -0.3 is 14.6 Å². The molecule has 120 valence electrons. The van der Waals surface area contributed by atoms with Gasteiger partial charge in [0.25, 0.3) is 0 Å². The number of carbonyl (C=O) groups excluding carboxylic acids is 1. The highest BCUT2D eigenvalue weighted by atomic mass is 16.4. The highest BCUT2D eigenvalue weighted by molar-refractivity contribution is 5.98. The van der Waals surface area contributed by atoms with Gasteiger partial charge in [-0.15, -0.1) is 0 Å². The van der Waals surface area contributed by atoms with E-state index in [1.165, 1.54) is 4.90 Å². The molecule has 3 rings (SSSR count). The molecule has 2 heterocycles. The molecular formula is C17H19N3O3. The molecule has 0 aliphatic carbocycles. The van der Waals surface area contributed by atoms with Crippen molar-refractivity contribution in [2.45, 2.75) is 25.8 Å². The predicted molar refractivity (Wildman–Crippen MR) is 85.5 cm³/mol. The molecule has 0 atom stereocenters. The summed E-state index contributed by atoms with van der Waals surface area (Å²) in [5, 5.41) is 9.04. The molecule has 1 aromatic carbocycles. The number of Topliss-reactive ketones (excluding diaryl/α,β-unsaturated/α-hetero) is 1. The lowest BCUT2D eigenvalue weighted by molar-refractivity contribution is 0.0992. The van der Waals surface area contributed by atoms with Crippen LogP contribution in [0.2, 0.25) is 0 Å². The van der Waals surface area contributed by atoms with Crippen molar-refractivity contribution in [3.05, 3.63) is 42.4 Å². The number of hydrogen-bond donors (Lipinski definition) is 1. The minimum Gasteiger partial charge on any atom is -0.465 e. The molecule has 23 heavy (non-hydrogen) atoms. The molecule has 1 aromatic heterocycles. The van der Waals surface area contributed by atoms with E-state index >= 15 is 0 Å². The van der Waals surface area contributed by atoms with E-state index in [-0.39, 0.29) is 11.8 Å². The molecule has 0 saturated carbocycles. The molecule has 1 fully saturated rings. The Morgan fingerprint density at radius 3 is 2.39 bits per heavy atom. The maximum absolute atomic E-state index is 12.2. The molecule has 2 aromatic rings. The number of ketones is 1. The highest BCUT2D eigenvalue weighted by Crippen LogP contribution is 2.29. The van der Waals surface area contributed by atoms with E-state index in [0.29, 0.717) is 37.3 Å². The molecule has 6 nitrogen and oxygen atoms in total. The lowest BCUT2D eigenvalue weighted by Crippen LogP contribution is -2.38. The second-order valence-electron chi connectivity index (χ2n) is 5.77. The van der Waals surface area contributed by atoms with Gasteiger partial charge in [0.1, 0.15) is 5.69 Å². The fourth-order valence-corrected chi connectivity index (χ4v) is 3.13. The summed E-state index contributed by atoms with van der Waals surface area (Å²) < 4.78 is 1.92. The minimum absolute atomic E-state index is 0.0259. The number of rotatable bonds is 3. The largest absolute Gasteiger partial charge is 0.465 e. The van der Waals surface area contributed by atoms with Crippen LogP contribution in [0.1, 0.15) is 36.3 Å². The van der Waals surface area contributed by atoms with E-state index in [2.05, 4.69) is 4.98 Å². The minimum atomic E-state index is -0.883. The Hall–Kier alpha value is -2.63. The Kier molecular flexibility index (Phi) is 4.14. The van der Waals surface area contributed by atoms with Crippen molar-refractivity contribution < 1.29 is 14.7 Å². The van der Waals surface area contributed by atoms with Crippen molar-refractivity contribution in [2.75, 3.05) is 13.1 Å². The summed E-state index contributed by atoms with van der Waals surface area (Å²) >= 11 is 0. The van der Waals surface area contributed by atoms with E-state index in [1.54, 1.807) is 13.3 Å². The van der Waals surface area contributed by atoms with Gasteiger partial charge in [-0.25, -0.2) is 9.78 Å². The molecule has 1 N–H and O–H groups in total. The quantitative estimate of drug-likeness (QED) is 0.884. The van der Waals surface area contributed by atoms with E-state index in [0.717, 1.165) is 5.56 Å². The van der Waals surface area contributed by atoms with Crippen LogP contribution in [0.25, 0.3) is 11.3 Å².